The number of likely N-dealkylation sites (tertiary alicyclic amines) is 1. The van der Waals surface area contributed by atoms with E-state index in [1.807, 2.05) is 6.92 Å². The lowest BCUT2D eigenvalue weighted by Gasteiger charge is -2.33. The fraction of sp³-hybridized carbons (Fsp3) is 0.909. The van der Waals surface area contributed by atoms with E-state index in [4.69, 9.17) is 9.84 Å². The summed E-state index contributed by atoms with van der Waals surface area (Å²) < 4.78 is 5.54. The van der Waals surface area contributed by atoms with E-state index in [1.54, 1.807) is 0 Å². The molecule has 2 N–H and O–H groups in total. The van der Waals surface area contributed by atoms with E-state index < -0.39 is 12.1 Å². The number of carbonyl (C=O) groups is 1. The van der Waals surface area contributed by atoms with Crippen molar-refractivity contribution in [2.75, 3.05) is 26.2 Å². The maximum Gasteiger partial charge on any atom is 0.306 e. The standard InChI is InChI=1S/C11H21NO4/c1-2-16-10-4-3-5-12(8-10)7-9(13)6-11(14)15/h9-10,13H,2-8H2,1H3,(H,14,15). The maximum absolute atomic E-state index is 10.4. The molecule has 1 heterocycles. The van der Waals surface area contributed by atoms with E-state index in [1.165, 1.54) is 0 Å². The second-order valence-corrected chi connectivity index (χ2v) is 4.23. The van der Waals surface area contributed by atoms with Crippen LogP contribution in [-0.2, 0) is 9.53 Å². The zero-order chi connectivity index (χ0) is 12.0. The van der Waals surface area contributed by atoms with Crippen molar-refractivity contribution in [3.63, 3.8) is 0 Å². The summed E-state index contributed by atoms with van der Waals surface area (Å²) in [6, 6.07) is 0. The fourth-order valence-corrected chi connectivity index (χ4v) is 2.11. The molecule has 0 spiro atoms. The third-order valence-electron chi connectivity index (χ3n) is 2.74. The van der Waals surface area contributed by atoms with Gasteiger partial charge in [0, 0.05) is 19.7 Å². The zero-order valence-electron chi connectivity index (χ0n) is 9.76. The van der Waals surface area contributed by atoms with Crippen molar-refractivity contribution in [2.24, 2.45) is 0 Å². The molecule has 0 aromatic heterocycles. The SMILES string of the molecule is CCOC1CCCN(CC(O)CC(=O)O)C1. The summed E-state index contributed by atoms with van der Waals surface area (Å²) in [5.74, 6) is -0.953. The highest BCUT2D eigenvalue weighted by Crippen LogP contribution is 2.13. The molecule has 0 radical (unpaired) electrons. The summed E-state index contributed by atoms with van der Waals surface area (Å²) in [7, 11) is 0. The first-order chi connectivity index (χ1) is 7.61. The highest BCUT2D eigenvalue weighted by Gasteiger charge is 2.22. The topological polar surface area (TPSA) is 70.0 Å². The number of aliphatic hydroxyl groups is 1. The largest absolute Gasteiger partial charge is 0.481 e. The summed E-state index contributed by atoms with van der Waals surface area (Å²) >= 11 is 0. The molecule has 0 aliphatic carbocycles. The highest BCUT2D eigenvalue weighted by molar-refractivity contribution is 5.67. The minimum absolute atomic E-state index is 0.185. The smallest absolute Gasteiger partial charge is 0.306 e. The first-order valence-corrected chi connectivity index (χ1v) is 5.85. The molecule has 5 heteroatoms. The number of ether oxygens (including phenoxy) is 1. The molecule has 0 bridgehead atoms. The number of carboxylic acids is 1. The van der Waals surface area contributed by atoms with Gasteiger partial charge in [-0.15, -0.1) is 0 Å². The summed E-state index contributed by atoms with van der Waals surface area (Å²) in [6.07, 6.45) is 1.37. The molecule has 1 saturated heterocycles. The Hall–Kier alpha value is -0.650. The number of β-amino-alcohol motifs (C(OH)–C–C–N with tert-alkyl or cyclic N) is 1. The van der Waals surface area contributed by atoms with Crippen molar-refractivity contribution >= 4 is 5.97 Å². The first-order valence-electron chi connectivity index (χ1n) is 5.85. The van der Waals surface area contributed by atoms with Crippen molar-refractivity contribution in [3.8, 4) is 0 Å². The summed E-state index contributed by atoms with van der Waals surface area (Å²) in [6.45, 7) is 4.81. The molecule has 0 aromatic carbocycles. The van der Waals surface area contributed by atoms with Crippen LogP contribution in [0.1, 0.15) is 26.2 Å². The molecular weight excluding hydrogens is 210 g/mol. The van der Waals surface area contributed by atoms with Gasteiger partial charge < -0.3 is 14.9 Å². The number of piperidine rings is 1. The van der Waals surface area contributed by atoms with Crippen LogP contribution in [0.5, 0.6) is 0 Å². The van der Waals surface area contributed by atoms with Gasteiger partial charge in [-0.2, -0.15) is 0 Å². The Morgan fingerprint density at radius 2 is 2.38 bits per heavy atom. The van der Waals surface area contributed by atoms with Gasteiger partial charge in [-0.05, 0) is 26.3 Å². The number of carboxylic acid groups (broad SMARTS) is 1. The monoisotopic (exact) mass is 231 g/mol. The lowest BCUT2D eigenvalue weighted by molar-refractivity contribution is -0.139. The average molecular weight is 231 g/mol. The second kappa shape index (κ2) is 6.83. The van der Waals surface area contributed by atoms with Crippen LogP contribution in [0.4, 0.5) is 0 Å². The first kappa shape index (κ1) is 13.4. The molecular formula is C11H21NO4. The van der Waals surface area contributed by atoms with Crippen LogP contribution in [0.2, 0.25) is 0 Å². The third kappa shape index (κ3) is 4.92. The molecule has 2 unspecified atom stereocenters. The van der Waals surface area contributed by atoms with Crippen molar-refractivity contribution in [1.29, 1.82) is 0 Å². The normalized spacial score (nSPS) is 24.2. The van der Waals surface area contributed by atoms with E-state index >= 15 is 0 Å². The Morgan fingerprint density at radius 3 is 3.00 bits per heavy atom. The van der Waals surface area contributed by atoms with Gasteiger partial charge in [0.1, 0.15) is 0 Å². The van der Waals surface area contributed by atoms with Crippen LogP contribution >= 0.6 is 0 Å². The third-order valence-corrected chi connectivity index (χ3v) is 2.74. The van der Waals surface area contributed by atoms with Crippen LogP contribution in [0.15, 0.2) is 0 Å². The lowest BCUT2D eigenvalue weighted by Crippen LogP contribution is -2.43. The van der Waals surface area contributed by atoms with Gasteiger partial charge >= 0.3 is 5.97 Å². The molecule has 5 nitrogen and oxygen atoms in total. The van der Waals surface area contributed by atoms with Gasteiger partial charge in [-0.3, -0.25) is 9.69 Å². The van der Waals surface area contributed by atoms with Crippen molar-refractivity contribution in [2.45, 2.75) is 38.4 Å². The summed E-state index contributed by atoms with van der Waals surface area (Å²) in [4.78, 5) is 12.5. The van der Waals surface area contributed by atoms with Crippen LogP contribution in [0, 0.1) is 0 Å². The number of nitrogens with zero attached hydrogens (tertiary/aromatic N) is 1. The molecule has 16 heavy (non-hydrogen) atoms. The number of aliphatic carboxylic acids is 1. The summed E-state index contributed by atoms with van der Waals surface area (Å²) in [5.41, 5.74) is 0. The van der Waals surface area contributed by atoms with Crippen LogP contribution < -0.4 is 0 Å². The van der Waals surface area contributed by atoms with Gasteiger partial charge in [0.2, 0.25) is 0 Å². The fourth-order valence-electron chi connectivity index (χ4n) is 2.11. The van der Waals surface area contributed by atoms with Gasteiger partial charge in [-0.25, -0.2) is 0 Å². The molecule has 2 atom stereocenters. The van der Waals surface area contributed by atoms with Crippen molar-refractivity contribution in [1.82, 2.24) is 4.90 Å². The molecule has 0 saturated carbocycles. The Balaban J connectivity index is 2.28. The average Bonchev–Trinajstić information content (AvgIpc) is 2.17. The van der Waals surface area contributed by atoms with E-state index in [0.29, 0.717) is 13.2 Å². The molecule has 1 aliphatic rings. The van der Waals surface area contributed by atoms with E-state index in [9.17, 15) is 9.90 Å². The lowest BCUT2D eigenvalue weighted by atomic mass is 10.1. The molecule has 0 amide bonds. The van der Waals surface area contributed by atoms with Gasteiger partial charge in [0.15, 0.2) is 0 Å². The summed E-state index contributed by atoms with van der Waals surface area (Å²) in [5, 5.41) is 18.1. The quantitative estimate of drug-likeness (QED) is 0.689. The van der Waals surface area contributed by atoms with Crippen LogP contribution in [-0.4, -0.2) is 59.5 Å². The Morgan fingerprint density at radius 1 is 1.62 bits per heavy atom. The maximum atomic E-state index is 10.4. The van der Waals surface area contributed by atoms with Crippen LogP contribution in [0.3, 0.4) is 0 Å². The van der Waals surface area contributed by atoms with E-state index in [0.717, 1.165) is 25.9 Å². The number of hydrogen-bond donors (Lipinski definition) is 2. The van der Waals surface area contributed by atoms with Gasteiger partial charge in [0.25, 0.3) is 0 Å². The number of hydrogen-bond acceptors (Lipinski definition) is 4. The molecule has 1 fully saturated rings. The van der Waals surface area contributed by atoms with Crippen molar-refractivity contribution in [3.05, 3.63) is 0 Å². The Kier molecular flexibility index (Phi) is 5.73. The van der Waals surface area contributed by atoms with E-state index in [-0.39, 0.29) is 12.5 Å². The minimum Gasteiger partial charge on any atom is -0.481 e. The zero-order valence-corrected chi connectivity index (χ0v) is 9.76. The molecule has 1 rings (SSSR count). The number of rotatable bonds is 6. The molecule has 0 aromatic rings. The predicted octanol–water partition coefficient (Wildman–Crippen LogP) is 0.323. The molecule has 94 valence electrons. The van der Waals surface area contributed by atoms with Gasteiger partial charge in [0.05, 0.1) is 18.6 Å². The second-order valence-electron chi connectivity index (χ2n) is 4.23. The minimum atomic E-state index is -0.953. The Labute approximate surface area is 96.0 Å². The van der Waals surface area contributed by atoms with Crippen LogP contribution in [0.25, 0.3) is 0 Å². The van der Waals surface area contributed by atoms with E-state index in [2.05, 4.69) is 4.90 Å². The van der Waals surface area contributed by atoms with Gasteiger partial charge in [-0.1, -0.05) is 0 Å². The number of aliphatic hydroxyl groups excluding tert-OH is 1. The predicted molar refractivity (Wildman–Crippen MR) is 59.3 cm³/mol. The Bertz CT molecular complexity index is 220. The highest BCUT2D eigenvalue weighted by atomic mass is 16.5. The molecule has 1 aliphatic heterocycles. The van der Waals surface area contributed by atoms with Crippen molar-refractivity contribution < 1.29 is 19.7 Å².